The number of carbonyl (C=O) groups is 2. The van der Waals surface area contributed by atoms with Crippen LogP contribution in [0.2, 0.25) is 0 Å². The minimum atomic E-state index is -3.59. The molecule has 2 amide bonds. The normalized spacial score (nSPS) is 12.3. The third kappa shape index (κ3) is 7.30. The summed E-state index contributed by atoms with van der Waals surface area (Å²) in [6.07, 6.45) is 0.244. The fourth-order valence-electron chi connectivity index (χ4n) is 3.41. The average molecular weight is 431 g/mol. The Morgan fingerprint density at radius 1 is 0.967 bits per heavy atom. The number of amides is 2. The van der Waals surface area contributed by atoms with Crippen LogP contribution >= 0.6 is 0 Å². The summed E-state index contributed by atoms with van der Waals surface area (Å²) in [5.41, 5.74) is 4.73. The Bertz CT molecular complexity index is 978. The van der Waals surface area contributed by atoms with Crippen LogP contribution in [0.5, 0.6) is 0 Å². The van der Waals surface area contributed by atoms with E-state index >= 15 is 0 Å². The summed E-state index contributed by atoms with van der Waals surface area (Å²) in [6.45, 7) is 7.65. The van der Waals surface area contributed by atoms with Crippen LogP contribution in [0.4, 0.5) is 5.69 Å². The summed E-state index contributed by atoms with van der Waals surface area (Å²) >= 11 is 0. The molecular formula is C23H30N2O4S. The van der Waals surface area contributed by atoms with Crippen molar-refractivity contribution < 1.29 is 18.0 Å². The summed E-state index contributed by atoms with van der Waals surface area (Å²) in [6, 6.07) is 13.0. The van der Waals surface area contributed by atoms with Crippen molar-refractivity contribution >= 4 is 27.3 Å². The molecule has 0 aliphatic rings. The molecule has 6 nitrogen and oxygen atoms in total. The maximum atomic E-state index is 12.3. The molecule has 7 heteroatoms. The fraction of sp³-hybridized carbons (Fsp3) is 0.391. The van der Waals surface area contributed by atoms with Gasteiger partial charge in [-0.1, -0.05) is 48.0 Å². The van der Waals surface area contributed by atoms with E-state index in [1.165, 1.54) is 0 Å². The van der Waals surface area contributed by atoms with Gasteiger partial charge in [-0.05, 0) is 50.8 Å². The van der Waals surface area contributed by atoms with Crippen molar-refractivity contribution in [2.75, 3.05) is 16.8 Å². The van der Waals surface area contributed by atoms with Gasteiger partial charge >= 0.3 is 0 Å². The molecule has 0 fully saturated rings. The molecule has 0 saturated heterocycles. The smallest absolute Gasteiger partial charge is 0.235 e. The molecular weight excluding hydrogens is 400 g/mol. The first-order chi connectivity index (χ1) is 14.1. The SMILES string of the molecule is Cc1cc(C)c(NC(=O)CCCS(=O)(=O)CC(=O)NC(C)c2ccccc2)c(C)c1. The molecule has 1 unspecified atom stereocenters. The first-order valence-corrected chi connectivity index (χ1v) is 11.8. The van der Waals surface area contributed by atoms with E-state index in [0.717, 1.165) is 27.9 Å². The number of carbonyl (C=O) groups excluding carboxylic acids is 2. The molecule has 30 heavy (non-hydrogen) atoms. The van der Waals surface area contributed by atoms with E-state index in [-0.39, 0.29) is 30.5 Å². The Balaban J connectivity index is 1.80. The average Bonchev–Trinajstić information content (AvgIpc) is 2.64. The minimum Gasteiger partial charge on any atom is -0.349 e. The first kappa shape index (κ1) is 23.6. The Hall–Kier alpha value is -2.67. The van der Waals surface area contributed by atoms with Crippen LogP contribution < -0.4 is 10.6 Å². The van der Waals surface area contributed by atoms with Gasteiger partial charge in [0.2, 0.25) is 11.8 Å². The second-order valence-corrected chi connectivity index (χ2v) is 9.90. The van der Waals surface area contributed by atoms with Gasteiger partial charge in [0.15, 0.2) is 9.84 Å². The zero-order valence-corrected chi connectivity index (χ0v) is 18.8. The lowest BCUT2D eigenvalue weighted by atomic mass is 10.0. The second-order valence-electron chi connectivity index (χ2n) is 7.72. The predicted octanol–water partition coefficient (Wildman–Crippen LogP) is 3.62. The third-order valence-electron chi connectivity index (χ3n) is 4.83. The van der Waals surface area contributed by atoms with Crippen molar-refractivity contribution in [1.82, 2.24) is 5.32 Å². The van der Waals surface area contributed by atoms with E-state index in [9.17, 15) is 18.0 Å². The molecule has 1 atom stereocenters. The summed E-state index contributed by atoms with van der Waals surface area (Å²) in [5, 5.41) is 5.57. The molecule has 2 aromatic rings. The maximum Gasteiger partial charge on any atom is 0.235 e. The van der Waals surface area contributed by atoms with Crippen LogP contribution in [0.1, 0.15) is 48.1 Å². The molecule has 0 heterocycles. The molecule has 0 spiro atoms. The molecule has 0 radical (unpaired) electrons. The lowest BCUT2D eigenvalue weighted by Crippen LogP contribution is -2.33. The Morgan fingerprint density at radius 3 is 2.17 bits per heavy atom. The van der Waals surface area contributed by atoms with Crippen molar-refractivity contribution in [3.05, 3.63) is 64.7 Å². The molecule has 0 aromatic heterocycles. The Labute approximate surface area is 179 Å². The summed E-state index contributed by atoms with van der Waals surface area (Å²) in [5.74, 6) is -1.56. The predicted molar refractivity (Wildman–Crippen MR) is 120 cm³/mol. The number of anilines is 1. The highest BCUT2D eigenvalue weighted by molar-refractivity contribution is 7.92. The molecule has 2 rings (SSSR count). The van der Waals surface area contributed by atoms with E-state index in [1.807, 2.05) is 63.2 Å². The molecule has 0 saturated carbocycles. The highest BCUT2D eigenvalue weighted by Crippen LogP contribution is 2.22. The Kier molecular flexibility index (Phi) is 8.17. The highest BCUT2D eigenvalue weighted by Gasteiger charge is 2.19. The maximum absolute atomic E-state index is 12.3. The van der Waals surface area contributed by atoms with Crippen molar-refractivity contribution in [2.45, 2.75) is 46.6 Å². The van der Waals surface area contributed by atoms with Gasteiger partial charge in [-0.2, -0.15) is 0 Å². The van der Waals surface area contributed by atoms with Crippen LogP contribution in [0.15, 0.2) is 42.5 Å². The van der Waals surface area contributed by atoms with Gasteiger partial charge in [0.1, 0.15) is 5.75 Å². The Morgan fingerprint density at radius 2 is 1.57 bits per heavy atom. The van der Waals surface area contributed by atoms with Gasteiger partial charge in [-0.25, -0.2) is 8.42 Å². The van der Waals surface area contributed by atoms with Crippen LogP contribution in [0, 0.1) is 20.8 Å². The van der Waals surface area contributed by atoms with Crippen molar-refractivity contribution in [3.8, 4) is 0 Å². The van der Waals surface area contributed by atoms with E-state index in [2.05, 4.69) is 10.6 Å². The lowest BCUT2D eigenvalue weighted by Gasteiger charge is -2.14. The van der Waals surface area contributed by atoms with E-state index in [4.69, 9.17) is 0 Å². The van der Waals surface area contributed by atoms with Crippen molar-refractivity contribution in [2.24, 2.45) is 0 Å². The molecule has 0 aliphatic carbocycles. The number of rotatable bonds is 9. The number of aryl methyl sites for hydroxylation is 3. The van der Waals surface area contributed by atoms with E-state index in [1.54, 1.807) is 6.92 Å². The van der Waals surface area contributed by atoms with Gasteiger partial charge < -0.3 is 10.6 Å². The molecule has 0 bridgehead atoms. The molecule has 0 aliphatic heterocycles. The van der Waals surface area contributed by atoms with Crippen LogP contribution in [-0.4, -0.2) is 31.7 Å². The van der Waals surface area contributed by atoms with Gasteiger partial charge in [0.05, 0.1) is 11.8 Å². The summed E-state index contributed by atoms with van der Waals surface area (Å²) in [4.78, 5) is 24.3. The number of hydrogen-bond donors (Lipinski definition) is 2. The number of benzene rings is 2. The largest absolute Gasteiger partial charge is 0.349 e. The minimum absolute atomic E-state index is 0.0774. The monoisotopic (exact) mass is 430 g/mol. The van der Waals surface area contributed by atoms with Gasteiger partial charge in [0, 0.05) is 12.1 Å². The standard InChI is InChI=1S/C23H30N2O4S/c1-16-13-17(2)23(18(3)14-16)25-21(26)11-8-12-30(28,29)15-22(27)24-19(4)20-9-6-5-7-10-20/h5-7,9-10,13-14,19H,8,11-12,15H2,1-4H3,(H,24,27)(H,25,26). The lowest BCUT2D eigenvalue weighted by molar-refractivity contribution is -0.119. The van der Waals surface area contributed by atoms with Crippen LogP contribution in [-0.2, 0) is 19.4 Å². The van der Waals surface area contributed by atoms with Crippen LogP contribution in [0.3, 0.4) is 0 Å². The first-order valence-electron chi connectivity index (χ1n) is 10.00. The quantitative estimate of drug-likeness (QED) is 0.635. The van der Waals surface area contributed by atoms with Gasteiger partial charge in [-0.15, -0.1) is 0 Å². The molecule has 162 valence electrons. The fourth-order valence-corrected chi connectivity index (χ4v) is 4.62. The van der Waals surface area contributed by atoms with E-state index < -0.39 is 21.5 Å². The topological polar surface area (TPSA) is 92.3 Å². The van der Waals surface area contributed by atoms with Gasteiger partial charge in [-0.3, -0.25) is 9.59 Å². The number of hydrogen-bond acceptors (Lipinski definition) is 4. The zero-order valence-electron chi connectivity index (χ0n) is 18.0. The second kappa shape index (κ2) is 10.4. The van der Waals surface area contributed by atoms with Crippen molar-refractivity contribution in [3.63, 3.8) is 0 Å². The highest BCUT2D eigenvalue weighted by atomic mass is 32.2. The summed E-state index contributed by atoms with van der Waals surface area (Å²) < 4.78 is 24.5. The number of nitrogens with one attached hydrogen (secondary N) is 2. The van der Waals surface area contributed by atoms with Crippen molar-refractivity contribution in [1.29, 1.82) is 0 Å². The van der Waals surface area contributed by atoms with E-state index in [0.29, 0.717) is 0 Å². The third-order valence-corrected chi connectivity index (χ3v) is 6.44. The number of sulfone groups is 1. The van der Waals surface area contributed by atoms with Gasteiger partial charge in [0.25, 0.3) is 0 Å². The molecule has 2 N–H and O–H groups in total. The summed E-state index contributed by atoms with van der Waals surface area (Å²) in [7, 11) is -3.59. The van der Waals surface area contributed by atoms with Crippen LogP contribution in [0.25, 0.3) is 0 Å². The zero-order chi connectivity index (χ0) is 22.3. The molecule has 2 aromatic carbocycles.